The number of carbonyl (C=O) groups is 1. The minimum atomic E-state index is -0.242. The highest BCUT2D eigenvalue weighted by Gasteiger charge is 2.54. The summed E-state index contributed by atoms with van der Waals surface area (Å²) in [6, 6.07) is 13.5. The molecule has 1 spiro atoms. The number of amides is 1. The van der Waals surface area contributed by atoms with Crippen LogP contribution in [0.5, 0.6) is 5.75 Å². The van der Waals surface area contributed by atoms with Crippen molar-refractivity contribution in [2.75, 3.05) is 33.4 Å². The quantitative estimate of drug-likeness (QED) is 0.467. The van der Waals surface area contributed by atoms with Gasteiger partial charge < -0.3 is 19.7 Å². The van der Waals surface area contributed by atoms with Gasteiger partial charge in [0, 0.05) is 79.0 Å². The van der Waals surface area contributed by atoms with Gasteiger partial charge in [-0.1, -0.05) is 6.07 Å². The van der Waals surface area contributed by atoms with Crippen molar-refractivity contribution in [3.63, 3.8) is 0 Å². The maximum Gasteiger partial charge on any atom is 0.255 e. The lowest BCUT2D eigenvalue weighted by atomic mass is 9.68. The molecule has 0 bridgehead atoms. The van der Waals surface area contributed by atoms with Gasteiger partial charge in [-0.05, 0) is 41.5 Å². The minimum absolute atomic E-state index is 0.00474. The van der Waals surface area contributed by atoms with Gasteiger partial charge in [-0.15, -0.1) is 0 Å². The van der Waals surface area contributed by atoms with Crippen LogP contribution in [-0.2, 0) is 12.0 Å². The highest BCUT2D eigenvalue weighted by Crippen LogP contribution is 2.49. The Balaban J connectivity index is 1.41. The number of hydrogen-bond donors (Lipinski definition) is 2. The minimum Gasteiger partial charge on any atom is -0.497 e. The van der Waals surface area contributed by atoms with Crippen LogP contribution in [0.3, 0.4) is 0 Å². The van der Waals surface area contributed by atoms with E-state index in [2.05, 4.69) is 32.0 Å². The zero-order chi connectivity index (χ0) is 24.0. The van der Waals surface area contributed by atoms with Crippen molar-refractivity contribution >= 4 is 16.8 Å². The molecule has 1 amide bonds. The molecule has 4 aromatic rings. The van der Waals surface area contributed by atoms with Gasteiger partial charge in [0.1, 0.15) is 5.75 Å². The lowest BCUT2D eigenvalue weighted by molar-refractivity contribution is -0.00280. The van der Waals surface area contributed by atoms with E-state index in [1.54, 1.807) is 37.8 Å². The number of nitrogens with one attached hydrogen (secondary N) is 1. The maximum absolute atomic E-state index is 13.1. The SMILES string of the molecule is COc1ccc2c3c([nH]c2c1)[C@@H](CO)N(Cc1cccnc1)CC31CN(C(=O)c2cccnc2)C1. The number of fused-ring (bicyclic) bond motifs is 4. The first-order valence-corrected chi connectivity index (χ1v) is 11.7. The second-order valence-electron chi connectivity index (χ2n) is 9.47. The van der Waals surface area contributed by atoms with Gasteiger partial charge >= 0.3 is 0 Å². The smallest absolute Gasteiger partial charge is 0.255 e. The molecule has 2 N–H and O–H groups in total. The van der Waals surface area contributed by atoms with Gasteiger partial charge in [-0.25, -0.2) is 0 Å². The van der Waals surface area contributed by atoms with E-state index in [4.69, 9.17) is 4.74 Å². The summed E-state index contributed by atoms with van der Waals surface area (Å²) in [6.07, 6.45) is 6.93. The average Bonchev–Trinajstić information content (AvgIpc) is 3.26. The zero-order valence-corrected chi connectivity index (χ0v) is 19.5. The number of aliphatic hydroxyl groups excluding tert-OH is 1. The van der Waals surface area contributed by atoms with Crippen LogP contribution in [0.1, 0.15) is 33.2 Å². The van der Waals surface area contributed by atoms with Crippen LogP contribution in [0.15, 0.2) is 67.3 Å². The van der Waals surface area contributed by atoms with Crippen molar-refractivity contribution < 1.29 is 14.6 Å². The monoisotopic (exact) mass is 469 g/mol. The third-order valence-corrected chi connectivity index (χ3v) is 7.31. The fourth-order valence-corrected chi connectivity index (χ4v) is 5.76. The topological polar surface area (TPSA) is 94.6 Å². The van der Waals surface area contributed by atoms with Crippen molar-refractivity contribution in [2.24, 2.45) is 0 Å². The third-order valence-electron chi connectivity index (χ3n) is 7.31. The number of benzene rings is 1. The first-order valence-electron chi connectivity index (χ1n) is 11.7. The van der Waals surface area contributed by atoms with Crippen LogP contribution < -0.4 is 4.74 Å². The predicted octanol–water partition coefficient (Wildman–Crippen LogP) is 2.91. The molecule has 8 heteroatoms. The van der Waals surface area contributed by atoms with E-state index < -0.39 is 0 Å². The van der Waals surface area contributed by atoms with E-state index in [1.165, 1.54) is 5.56 Å². The second-order valence-corrected chi connectivity index (χ2v) is 9.47. The van der Waals surface area contributed by atoms with Crippen molar-refractivity contribution in [2.45, 2.75) is 18.0 Å². The van der Waals surface area contributed by atoms with Gasteiger partial charge in [0.05, 0.1) is 25.3 Å². The zero-order valence-electron chi connectivity index (χ0n) is 19.5. The average molecular weight is 470 g/mol. The molecule has 1 saturated heterocycles. The van der Waals surface area contributed by atoms with Gasteiger partial charge in [0.15, 0.2) is 0 Å². The molecule has 0 radical (unpaired) electrons. The van der Waals surface area contributed by atoms with Gasteiger partial charge in [-0.3, -0.25) is 19.7 Å². The number of carbonyl (C=O) groups excluding carboxylic acids is 1. The van der Waals surface area contributed by atoms with Crippen LogP contribution in [0.25, 0.3) is 10.9 Å². The van der Waals surface area contributed by atoms with E-state index in [0.29, 0.717) is 25.2 Å². The van der Waals surface area contributed by atoms with Crippen LogP contribution in [0.2, 0.25) is 0 Å². The molecule has 2 aliphatic rings. The third kappa shape index (κ3) is 3.57. The Morgan fingerprint density at radius 3 is 2.63 bits per heavy atom. The molecule has 0 saturated carbocycles. The van der Waals surface area contributed by atoms with E-state index >= 15 is 0 Å². The molecule has 1 fully saturated rings. The van der Waals surface area contributed by atoms with E-state index in [1.807, 2.05) is 29.3 Å². The van der Waals surface area contributed by atoms with E-state index in [0.717, 1.165) is 34.5 Å². The summed E-state index contributed by atoms with van der Waals surface area (Å²) < 4.78 is 5.45. The summed E-state index contributed by atoms with van der Waals surface area (Å²) in [7, 11) is 1.66. The molecular weight excluding hydrogens is 442 g/mol. The van der Waals surface area contributed by atoms with Crippen molar-refractivity contribution in [3.05, 3.63) is 89.6 Å². The normalized spacial score (nSPS) is 18.9. The Labute approximate surface area is 203 Å². The molecule has 3 aromatic heterocycles. The molecule has 1 aromatic carbocycles. The number of H-pyrrole nitrogens is 1. The largest absolute Gasteiger partial charge is 0.497 e. The maximum atomic E-state index is 13.1. The number of nitrogens with zero attached hydrogens (tertiary/aromatic N) is 4. The first-order chi connectivity index (χ1) is 17.1. The fourth-order valence-electron chi connectivity index (χ4n) is 5.76. The Kier molecular flexibility index (Phi) is 5.27. The molecule has 178 valence electrons. The van der Waals surface area contributed by atoms with Crippen molar-refractivity contribution in [1.29, 1.82) is 0 Å². The summed E-state index contributed by atoms with van der Waals surface area (Å²) in [5.41, 5.74) is 4.64. The molecular formula is C27H27N5O3. The predicted molar refractivity (Wildman–Crippen MR) is 131 cm³/mol. The summed E-state index contributed by atoms with van der Waals surface area (Å²) in [4.78, 5) is 29.3. The molecule has 2 aliphatic heterocycles. The number of methoxy groups -OCH3 is 1. The van der Waals surface area contributed by atoms with Crippen molar-refractivity contribution in [3.8, 4) is 5.75 Å². The highest BCUT2D eigenvalue weighted by atomic mass is 16.5. The van der Waals surface area contributed by atoms with Gasteiger partial charge in [0.25, 0.3) is 5.91 Å². The first kappa shape index (κ1) is 21.8. The number of aliphatic hydroxyl groups is 1. The fraction of sp³-hybridized carbons (Fsp3) is 0.296. The van der Waals surface area contributed by atoms with Crippen LogP contribution in [0, 0.1) is 0 Å². The molecule has 6 rings (SSSR count). The van der Waals surface area contributed by atoms with Gasteiger partial charge in [-0.2, -0.15) is 0 Å². The Morgan fingerprint density at radius 2 is 1.94 bits per heavy atom. The summed E-state index contributed by atoms with van der Waals surface area (Å²) in [5.74, 6) is 0.773. The lowest BCUT2D eigenvalue weighted by Gasteiger charge is -2.56. The number of hydrogen-bond acceptors (Lipinski definition) is 6. The standard InChI is InChI=1S/C27H27N5O3/c1-35-20-6-7-21-22(10-20)30-25-23(14-33)31(13-18-4-2-8-28-11-18)15-27(24(21)25)16-32(17-27)26(34)19-5-3-9-29-12-19/h2-12,23,30,33H,13-17H2,1H3/t23-/m1/s1. The Hall–Kier alpha value is -3.75. The van der Waals surface area contributed by atoms with Crippen molar-refractivity contribution in [1.82, 2.24) is 24.8 Å². The molecule has 0 aliphatic carbocycles. The number of rotatable bonds is 5. The second kappa shape index (κ2) is 8.48. The number of pyridine rings is 2. The highest BCUT2D eigenvalue weighted by molar-refractivity contribution is 5.95. The molecule has 5 heterocycles. The lowest BCUT2D eigenvalue weighted by Crippen LogP contribution is -2.67. The number of ether oxygens (including phenoxy) is 1. The van der Waals surface area contributed by atoms with Crippen LogP contribution in [-0.4, -0.2) is 69.1 Å². The Bertz CT molecular complexity index is 1370. The van der Waals surface area contributed by atoms with Gasteiger partial charge in [0.2, 0.25) is 0 Å². The molecule has 1 atom stereocenters. The molecule has 8 nitrogen and oxygen atoms in total. The summed E-state index contributed by atoms with van der Waals surface area (Å²) in [6.45, 7) is 2.60. The number of likely N-dealkylation sites (tertiary alicyclic amines) is 1. The summed E-state index contributed by atoms with van der Waals surface area (Å²) in [5, 5.41) is 11.6. The number of aromatic amines is 1. The van der Waals surface area contributed by atoms with Crippen LogP contribution in [0.4, 0.5) is 0 Å². The van der Waals surface area contributed by atoms with Crippen LogP contribution >= 0.6 is 0 Å². The van der Waals surface area contributed by atoms with E-state index in [9.17, 15) is 9.90 Å². The molecule has 35 heavy (non-hydrogen) atoms. The van der Waals surface area contributed by atoms with E-state index in [-0.39, 0.29) is 24.0 Å². The Morgan fingerprint density at radius 1 is 1.14 bits per heavy atom. The molecule has 0 unspecified atom stereocenters. The summed E-state index contributed by atoms with van der Waals surface area (Å²) >= 11 is 0. The number of aromatic nitrogens is 3.